The largest absolute Gasteiger partial charge is 0.352 e. The number of urea groups is 1. The third kappa shape index (κ3) is 4.17. The Morgan fingerprint density at radius 2 is 1.83 bits per heavy atom. The SMILES string of the molecule is Cc1cc(C(=O)NCC(C)C)ccc1NC(=O)C(C)N1C(=O)NC2(CCCC2)C1=O. The number of rotatable bonds is 6. The van der Waals surface area contributed by atoms with Gasteiger partial charge in [-0.1, -0.05) is 26.7 Å². The van der Waals surface area contributed by atoms with Crippen LogP contribution in [0.25, 0.3) is 0 Å². The molecule has 8 nitrogen and oxygen atoms in total. The number of amides is 5. The Morgan fingerprint density at radius 1 is 1.17 bits per heavy atom. The monoisotopic (exact) mass is 414 g/mol. The number of nitrogens with zero attached hydrogens (tertiary/aromatic N) is 1. The molecule has 8 heteroatoms. The molecule has 1 aliphatic carbocycles. The summed E-state index contributed by atoms with van der Waals surface area (Å²) in [5.41, 5.74) is 0.926. The molecule has 0 bridgehead atoms. The van der Waals surface area contributed by atoms with E-state index in [-0.39, 0.29) is 11.8 Å². The highest BCUT2D eigenvalue weighted by Gasteiger charge is 2.54. The van der Waals surface area contributed by atoms with Crippen LogP contribution in [0.5, 0.6) is 0 Å². The van der Waals surface area contributed by atoms with Gasteiger partial charge in [0.1, 0.15) is 11.6 Å². The quantitative estimate of drug-likeness (QED) is 0.622. The van der Waals surface area contributed by atoms with E-state index in [9.17, 15) is 19.2 Å². The lowest BCUT2D eigenvalue weighted by Crippen LogP contribution is -2.48. The number of hydrogen-bond acceptors (Lipinski definition) is 4. The maximum atomic E-state index is 12.9. The number of carbonyl (C=O) groups is 4. The van der Waals surface area contributed by atoms with Gasteiger partial charge in [0, 0.05) is 17.8 Å². The van der Waals surface area contributed by atoms with Crippen molar-refractivity contribution in [3.05, 3.63) is 29.3 Å². The summed E-state index contributed by atoms with van der Waals surface area (Å²) in [6.45, 7) is 7.96. The molecule has 3 N–H and O–H groups in total. The molecule has 0 aromatic heterocycles. The highest BCUT2D eigenvalue weighted by Crippen LogP contribution is 2.35. The minimum Gasteiger partial charge on any atom is -0.352 e. The zero-order valence-electron chi connectivity index (χ0n) is 18.0. The molecule has 2 aliphatic rings. The van der Waals surface area contributed by atoms with Crippen molar-refractivity contribution in [3.8, 4) is 0 Å². The molecule has 1 heterocycles. The van der Waals surface area contributed by atoms with Crippen LogP contribution < -0.4 is 16.0 Å². The molecule has 1 unspecified atom stereocenters. The minimum atomic E-state index is -0.939. The van der Waals surface area contributed by atoms with Crippen LogP contribution in [0.2, 0.25) is 0 Å². The number of benzene rings is 1. The van der Waals surface area contributed by atoms with Crippen LogP contribution >= 0.6 is 0 Å². The Morgan fingerprint density at radius 3 is 2.43 bits per heavy atom. The van der Waals surface area contributed by atoms with E-state index in [0.717, 1.165) is 23.3 Å². The second-order valence-electron chi connectivity index (χ2n) is 8.69. The Balaban J connectivity index is 1.67. The number of imide groups is 1. The van der Waals surface area contributed by atoms with Gasteiger partial charge in [0.2, 0.25) is 5.91 Å². The van der Waals surface area contributed by atoms with Crippen LogP contribution in [-0.4, -0.2) is 46.8 Å². The van der Waals surface area contributed by atoms with Crippen molar-refractivity contribution in [2.24, 2.45) is 5.92 Å². The summed E-state index contributed by atoms with van der Waals surface area (Å²) in [5.74, 6) is -0.585. The van der Waals surface area contributed by atoms with Crippen molar-refractivity contribution in [1.82, 2.24) is 15.5 Å². The van der Waals surface area contributed by atoms with Crippen molar-refractivity contribution in [3.63, 3.8) is 0 Å². The highest BCUT2D eigenvalue weighted by molar-refractivity contribution is 6.11. The predicted octanol–water partition coefficient (Wildman–Crippen LogP) is 2.57. The van der Waals surface area contributed by atoms with E-state index in [1.165, 1.54) is 0 Å². The fourth-order valence-electron chi connectivity index (χ4n) is 4.01. The number of nitrogens with one attached hydrogen (secondary N) is 3. The summed E-state index contributed by atoms with van der Waals surface area (Å²) in [7, 11) is 0. The molecule has 1 saturated carbocycles. The second-order valence-corrected chi connectivity index (χ2v) is 8.69. The third-order valence-electron chi connectivity index (χ3n) is 5.83. The number of anilines is 1. The average molecular weight is 415 g/mol. The fraction of sp³-hybridized carbons (Fsp3) is 0.545. The molecular formula is C22H30N4O4. The van der Waals surface area contributed by atoms with E-state index in [0.29, 0.717) is 36.6 Å². The van der Waals surface area contributed by atoms with Crippen molar-refractivity contribution >= 4 is 29.4 Å². The molecule has 5 amide bonds. The average Bonchev–Trinajstić information content (AvgIpc) is 3.25. The first-order chi connectivity index (χ1) is 14.1. The van der Waals surface area contributed by atoms with E-state index in [2.05, 4.69) is 16.0 Å². The first-order valence-corrected chi connectivity index (χ1v) is 10.5. The van der Waals surface area contributed by atoms with Gasteiger partial charge in [-0.3, -0.25) is 14.4 Å². The van der Waals surface area contributed by atoms with Crippen molar-refractivity contribution in [2.75, 3.05) is 11.9 Å². The first-order valence-electron chi connectivity index (χ1n) is 10.5. The lowest BCUT2D eigenvalue weighted by molar-refractivity contribution is -0.136. The molecule has 1 aliphatic heterocycles. The van der Waals surface area contributed by atoms with Crippen molar-refractivity contribution in [1.29, 1.82) is 0 Å². The molecule has 162 valence electrons. The Labute approximate surface area is 176 Å². The van der Waals surface area contributed by atoms with E-state index in [1.54, 1.807) is 32.0 Å². The van der Waals surface area contributed by atoms with Gasteiger partial charge >= 0.3 is 6.03 Å². The van der Waals surface area contributed by atoms with E-state index in [1.807, 2.05) is 13.8 Å². The first kappa shape index (κ1) is 21.8. The molecule has 2 fully saturated rings. The van der Waals surface area contributed by atoms with E-state index >= 15 is 0 Å². The van der Waals surface area contributed by atoms with Crippen LogP contribution in [0.1, 0.15) is 62.4 Å². The van der Waals surface area contributed by atoms with Gasteiger partial charge in [-0.2, -0.15) is 0 Å². The molecule has 1 spiro atoms. The van der Waals surface area contributed by atoms with Gasteiger partial charge in [-0.15, -0.1) is 0 Å². The fourth-order valence-corrected chi connectivity index (χ4v) is 4.01. The van der Waals surface area contributed by atoms with Gasteiger partial charge in [0.05, 0.1) is 0 Å². The standard InChI is InChI=1S/C22H30N4O4/c1-13(2)12-23-19(28)16-7-8-17(14(3)11-16)24-18(27)15(4)26-20(29)22(25-21(26)30)9-5-6-10-22/h7-8,11,13,15H,5-6,9-10,12H2,1-4H3,(H,23,28)(H,24,27)(H,25,30). The van der Waals surface area contributed by atoms with E-state index in [4.69, 9.17) is 0 Å². The number of carbonyl (C=O) groups excluding carboxylic acids is 4. The maximum Gasteiger partial charge on any atom is 0.325 e. The second kappa shape index (κ2) is 8.45. The Kier molecular flexibility index (Phi) is 6.14. The lowest BCUT2D eigenvalue weighted by atomic mass is 9.97. The smallest absolute Gasteiger partial charge is 0.325 e. The lowest BCUT2D eigenvalue weighted by Gasteiger charge is -2.24. The zero-order valence-corrected chi connectivity index (χ0v) is 18.0. The molecule has 1 aromatic carbocycles. The summed E-state index contributed by atoms with van der Waals surface area (Å²) in [6.07, 6.45) is 3.00. The molecule has 1 saturated heterocycles. The van der Waals surface area contributed by atoms with Gasteiger partial charge in [0.15, 0.2) is 0 Å². The Bertz CT molecular complexity index is 874. The number of hydrogen-bond donors (Lipinski definition) is 3. The maximum absolute atomic E-state index is 12.9. The van der Waals surface area contributed by atoms with E-state index < -0.39 is 23.5 Å². The summed E-state index contributed by atoms with van der Waals surface area (Å²) < 4.78 is 0. The van der Waals surface area contributed by atoms with Crippen LogP contribution in [0.15, 0.2) is 18.2 Å². The van der Waals surface area contributed by atoms with Crippen LogP contribution in [-0.2, 0) is 9.59 Å². The highest BCUT2D eigenvalue weighted by atomic mass is 16.2. The topological polar surface area (TPSA) is 108 Å². The van der Waals surface area contributed by atoms with Gasteiger partial charge in [-0.05, 0) is 56.4 Å². The minimum absolute atomic E-state index is 0.167. The van der Waals surface area contributed by atoms with Crippen LogP contribution in [0, 0.1) is 12.8 Å². The van der Waals surface area contributed by atoms with Gasteiger partial charge in [-0.25, -0.2) is 9.69 Å². The van der Waals surface area contributed by atoms with Crippen LogP contribution in [0.3, 0.4) is 0 Å². The molecule has 1 atom stereocenters. The van der Waals surface area contributed by atoms with Crippen LogP contribution in [0.4, 0.5) is 10.5 Å². The molecule has 30 heavy (non-hydrogen) atoms. The predicted molar refractivity (Wildman–Crippen MR) is 113 cm³/mol. The van der Waals surface area contributed by atoms with Gasteiger partial charge in [0.25, 0.3) is 11.8 Å². The summed E-state index contributed by atoms with van der Waals surface area (Å²) in [5, 5.41) is 8.43. The van der Waals surface area contributed by atoms with Gasteiger partial charge < -0.3 is 16.0 Å². The number of aryl methyl sites for hydroxylation is 1. The van der Waals surface area contributed by atoms with Crippen molar-refractivity contribution in [2.45, 2.75) is 65.0 Å². The van der Waals surface area contributed by atoms with Crippen molar-refractivity contribution < 1.29 is 19.2 Å². The molecule has 1 aromatic rings. The normalized spacial score (nSPS) is 18.6. The summed E-state index contributed by atoms with van der Waals surface area (Å²) in [6, 6.07) is 3.56. The third-order valence-corrected chi connectivity index (χ3v) is 5.83. The summed E-state index contributed by atoms with van der Waals surface area (Å²) in [4.78, 5) is 51.3. The summed E-state index contributed by atoms with van der Waals surface area (Å²) >= 11 is 0. The Hall–Kier alpha value is -2.90. The zero-order chi connectivity index (χ0) is 22.1. The molecule has 0 radical (unpaired) electrons. The molecular weight excluding hydrogens is 384 g/mol. The molecule has 3 rings (SSSR count).